The van der Waals surface area contributed by atoms with Crippen LogP contribution >= 0.6 is 23.4 Å². The van der Waals surface area contributed by atoms with Crippen LogP contribution in [0.25, 0.3) is 11.0 Å². The number of aliphatic hydroxyl groups is 1. The Morgan fingerprint density at radius 1 is 1.47 bits per heavy atom. The van der Waals surface area contributed by atoms with Gasteiger partial charge in [-0.1, -0.05) is 23.7 Å². The van der Waals surface area contributed by atoms with Gasteiger partial charge in [0.25, 0.3) is 0 Å². The molecular formula is C13H13ClO2S. The second-order valence-corrected chi connectivity index (χ2v) is 6.06. The van der Waals surface area contributed by atoms with Crippen LogP contribution < -0.4 is 0 Å². The second kappa shape index (κ2) is 4.56. The van der Waals surface area contributed by atoms with Gasteiger partial charge in [-0.25, -0.2) is 0 Å². The SMILES string of the molecule is OC(c1cc2cccc(Cl)c2o1)C1CCCS1. The highest BCUT2D eigenvalue weighted by molar-refractivity contribution is 8.00. The molecule has 2 unspecified atom stereocenters. The summed E-state index contributed by atoms with van der Waals surface area (Å²) in [6.45, 7) is 0. The van der Waals surface area contributed by atoms with Gasteiger partial charge in [0.2, 0.25) is 0 Å². The van der Waals surface area contributed by atoms with E-state index in [4.69, 9.17) is 16.0 Å². The summed E-state index contributed by atoms with van der Waals surface area (Å²) in [5, 5.41) is 12.1. The Bertz CT molecular complexity index is 531. The summed E-state index contributed by atoms with van der Waals surface area (Å²) in [6, 6.07) is 7.53. The number of aliphatic hydroxyl groups excluding tert-OH is 1. The number of fused-ring (bicyclic) bond motifs is 1. The summed E-state index contributed by atoms with van der Waals surface area (Å²) in [6.07, 6.45) is 1.70. The Kier molecular flexibility index (Phi) is 3.07. The molecule has 2 nitrogen and oxygen atoms in total. The fourth-order valence-corrected chi connectivity index (χ4v) is 3.73. The molecule has 0 amide bonds. The van der Waals surface area contributed by atoms with Gasteiger partial charge >= 0.3 is 0 Å². The number of hydrogen-bond acceptors (Lipinski definition) is 3. The lowest BCUT2D eigenvalue weighted by Crippen LogP contribution is -2.10. The van der Waals surface area contributed by atoms with Gasteiger partial charge in [-0.3, -0.25) is 0 Å². The Morgan fingerprint density at radius 3 is 3.06 bits per heavy atom. The third-order valence-corrected chi connectivity index (χ3v) is 4.87. The zero-order valence-corrected chi connectivity index (χ0v) is 10.8. The molecule has 1 saturated heterocycles. The Morgan fingerprint density at radius 2 is 2.35 bits per heavy atom. The Labute approximate surface area is 109 Å². The first-order valence-corrected chi connectivity index (χ1v) is 7.16. The van der Waals surface area contributed by atoms with E-state index in [1.807, 2.05) is 30.0 Å². The fraction of sp³-hybridized carbons (Fsp3) is 0.385. The van der Waals surface area contributed by atoms with Gasteiger partial charge < -0.3 is 9.52 Å². The van der Waals surface area contributed by atoms with E-state index in [9.17, 15) is 5.11 Å². The van der Waals surface area contributed by atoms with Crippen molar-refractivity contribution in [1.82, 2.24) is 0 Å². The van der Waals surface area contributed by atoms with E-state index < -0.39 is 6.10 Å². The van der Waals surface area contributed by atoms with E-state index in [-0.39, 0.29) is 5.25 Å². The first-order chi connectivity index (χ1) is 8.25. The fourth-order valence-electron chi connectivity index (χ4n) is 2.23. The standard InChI is InChI=1S/C13H13ClO2S/c14-9-4-1-3-8-7-10(16-13(8)9)12(15)11-5-2-6-17-11/h1,3-4,7,11-12,15H,2,5-6H2. The first-order valence-electron chi connectivity index (χ1n) is 5.73. The number of furan rings is 1. The molecule has 0 saturated carbocycles. The number of hydrogen-bond donors (Lipinski definition) is 1. The van der Waals surface area contributed by atoms with Crippen LogP contribution in [0.1, 0.15) is 24.7 Å². The lowest BCUT2D eigenvalue weighted by Gasteiger charge is -2.13. The monoisotopic (exact) mass is 268 g/mol. The number of rotatable bonds is 2. The molecule has 2 atom stereocenters. The number of thioether (sulfide) groups is 1. The summed E-state index contributed by atoms with van der Waals surface area (Å²) in [4.78, 5) is 0. The van der Waals surface area contributed by atoms with Gasteiger partial charge in [0.15, 0.2) is 5.58 Å². The van der Waals surface area contributed by atoms with Crippen LogP contribution in [-0.2, 0) is 0 Å². The highest BCUT2D eigenvalue weighted by Crippen LogP contribution is 2.38. The van der Waals surface area contributed by atoms with E-state index in [0.717, 1.165) is 17.6 Å². The molecular weight excluding hydrogens is 256 g/mol. The van der Waals surface area contributed by atoms with Crippen molar-refractivity contribution in [2.45, 2.75) is 24.2 Å². The van der Waals surface area contributed by atoms with Crippen molar-refractivity contribution in [3.63, 3.8) is 0 Å². The first kappa shape index (κ1) is 11.5. The highest BCUT2D eigenvalue weighted by atomic mass is 35.5. The van der Waals surface area contributed by atoms with Gasteiger partial charge in [0, 0.05) is 10.6 Å². The molecule has 17 heavy (non-hydrogen) atoms. The molecule has 1 fully saturated rings. The molecule has 0 radical (unpaired) electrons. The summed E-state index contributed by atoms with van der Waals surface area (Å²) >= 11 is 7.87. The maximum absolute atomic E-state index is 10.3. The summed E-state index contributed by atoms with van der Waals surface area (Å²) in [5.41, 5.74) is 0.672. The van der Waals surface area contributed by atoms with Crippen molar-refractivity contribution < 1.29 is 9.52 Å². The molecule has 1 N–H and O–H groups in total. The molecule has 0 bridgehead atoms. The minimum atomic E-state index is -0.522. The van der Waals surface area contributed by atoms with E-state index in [0.29, 0.717) is 16.4 Å². The van der Waals surface area contributed by atoms with Crippen molar-refractivity contribution in [1.29, 1.82) is 0 Å². The molecule has 1 aliphatic rings. The Hall–Kier alpha value is -0.640. The second-order valence-electron chi connectivity index (χ2n) is 4.30. The summed E-state index contributed by atoms with van der Waals surface area (Å²) in [5.74, 6) is 1.76. The maximum atomic E-state index is 10.3. The van der Waals surface area contributed by atoms with Crippen molar-refractivity contribution in [2.24, 2.45) is 0 Å². The molecule has 90 valence electrons. The van der Waals surface area contributed by atoms with Gasteiger partial charge in [-0.2, -0.15) is 11.8 Å². The van der Waals surface area contributed by atoms with Crippen LogP contribution in [-0.4, -0.2) is 16.1 Å². The van der Waals surface area contributed by atoms with E-state index >= 15 is 0 Å². The lowest BCUT2D eigenvalue weighted by atomic mass is 10.1. The molecule has 3 rings (SSSR count). The zero-order chi connectivity index (χ0) is 11.8. The smallest absolute Gasteiger partial charge is 0.152 e. The zero-order valence-electron chi connectivity index (χ0n) is 9.23. The average molecular weight is 269 g/mol. The summed E-state index contributed by atoms with van der Waals surface area (Å²) in [7, 11) is 0. The maximum Gasteiger partial charge on any atom is 0.152 e. The van der Waals surface area contributed by atoms with E-state index in [2.05, 4.69) is 0 Å². The van der Waals surface area contributed by atoms with Crippen molar-refractivity contribution >= 4 is 34.3 Å². The van der Waals surface area contributed by atoms with Crippen molar-refractivity contribution in [3.05, 3.63) is 35.0 Å². The van der Waals surface area contributed by atoms with Gasteiger partial charge in [0.1, 0.15) is 11.9 Å². The average Bonchev–Trinajstić information content (AvgIpc) is 2.98. The van der Waals surface area contributed by atoms with Crippen LogP contribution in [0.15, 0.2) is 28.7 Å². The number of benzene rings is 1. The minimum Gasteiger partial charge on any atom is -0.457 e. The van der Waals surface area contributed by atoms with E-state index in [1.54, 1.807) is 6.07 Å². The van der Waals surface area contributed by atoms with Crippen LogP contribution in [0.2, 0.25) is 5.02 Å². The highest BCUT2D eigenvalue weighted by Gasteiger charge is 2.27. The lowest BCUT2D eigenvalue weighted by molar-refractivity contribution is 0.148. The van der Waals surface area contributed by atoms with Crippen LogP contribution in [0.3, 0.4) is 0 Å². The molecule has 2 heterocycles. The predicted octanol–water partition coefficient (Wildman–Crippen LogP) is 4.02. The predicted molar refractivity (Wildman–Crippen MR) is 71.7 cm³/mol. The van der Waals surface area contributed by atoms with E-state index in [1.165, 1.54) is 6.42 Å². The largest absolute Gasteiger partial charge is 0.457 e. The summed E-state index contributed by atoms with van der Waals surface area (Å²) < 4.78 is 5.68. The molecule has 2 aromatic rings. The van der Waals surface area contributed by atoms with Gasteiger partial charge in [-0.05, 0) is 30.7 Å². The molecule has 1 aliphatic heterocycles. The molecule has 0 spiro atoms. The van der Waals surface area contributed by atoms with Crippen LogP contribution in [0.5, 0.6) is 0 Å². The minimum absolute atomic E-state index is 0.259. The van der Waals surface area contributed by atoms with Gasteiger partial charge in [-0.15, -0.1) is 0 Å². The van der Waals surface area contributed by atoms with Crippen LogP contribution in [0.4, 0.5) is 0 Å². The third kappa shape index (κ3) is 2.07. The molecule has 4 heteroatoms. The number of para-hydroxylation sites is 1. The van der Waals surface area contributed by atoms with Gasteiger partial charge in [0.05, 0.1) is 5.02 Å². The molecule has 1 aromatic heterocycles. The Balaban J connectivity index is 1.97. The third-order valence-electron chi connectivity index (χ3n) is 3.12. The molecule has 0 aliphatic carbocycles. The van der Waals surface area contributed by atoms with Crippen molar-refractivity contribution in [2.75, 3.05) is 5.75 Å². The van der Waals surface area contributed by atoms with Crippen molar-refractivity contribution in [3.8, 4) is 0 Å². The number of halogens is 1. The normalized spacial score (nSPS) is 22.1. The molecule has 1 aromatic carbocycles. The quantitative estimate of drug-likeness (QED) is 0.893. The topological polar surface area (TPSA) is 33.4 Å². The van der Waals surface area contributed by atoms with Crippen LogP contribution in [0, 0.1) is 0 Å².